The molecule has 0 aromatic heterocycles. The van der Waals surface area contributed by atoms with Gasteiger partial charge in [0.25, 0.3) is 0 Å². The van der Waals surface area contributed by atoms with Gasteiger partial charge in [-0.3, -0.25) is 14.9 Å². The largest absolute Gasteiger partial charge is 0.303 e. The zero-order valence-electron chi connectivity index (χ0n) is 8.92. The van der Waals surface area contributed by atoms with Gasteiger partial charge in [-0.2, -0.15) is 0 Å². The van der Waals surface area contributed by atoms with E-state index in [0.29, 0.717) is 12.5 Å². The van der Waals surface area contributed by atoms with Crippen molar-refractivity contribution in [3.8, 4) is 0 Å². The molecular formula is C11H18N2O2. The van der Waals surface area contributed by atoms with Crippen molar-refractivity contribution in [2.24, 2.45) is 0 Å². The van der Waals surface area contributed by atoms with Gasteiger partial charge in [-0.15, -0.1) is 0 Å². The second-order valence-electron chi connectivity index (χ2n) is 4.52. The molecule has 15 heavy (non-hydrogen) atoms. The van der Waals surface area contributed by atoms with Gasteiger partial charge in [0.05, 0.1) is 12.5 Å². The van der Waals surface area contributed by atoms with Crippen LogP contribution in [0.2, 0.25) is 0 Å². The van der Waals surface area contributed by atoms with Crippen LogP contribution in [-0.4, -0.2) is 23.9 Å². The van der Waals surface area contributed by atoms with Crippen LogP contribution in [0.1, 0.15) is 44.9 Å². The van der Waals surface area contributed by atoms with Crippen LogP contribution in [0.15, 0.2) is 0 Å². The summed E-state index contributed by atoms with van der Waals surface area (Å²) in [7, 11) is 0. The van der Waals surface area contributed by atoms with E-state index >= 15 is 0 Å². The third-order valence-corrected chi connectivity index (χ3v) is 3.26. The van der Waals surface area contributed by atoms with E-state index < -0.39 is 0 Å². The molecule has 84 valence electrons. The summed E-state index contributed by atoms with van der Waals surface area (Å²) in [5.74, 6) is -0.296. The second kappa shape index (κ2) is 4.75. The van der Waals surface area contributed by atoms with Crippen LogP contribution in [0.5, 0.6) is 0 Å². The van der Waals surface area contributed by atoms with Gasteiger partial charge in [-0.25, -0.2) is 0 Å². The van der Waals surface area contributed by atoms with Crippen molar-refractivity contribution in [1.29, 1.82) is 0 Å². The number of hydrogen-bond donors (Lipinski definition) is 2. The highest BCUT2D eigenvalue weighted by Crippen LogP contribution is 2.18. The highest BCUT2D eigenvalue weighted by atomic mass is 16.2. The quantitative estimate of drug-likeness (QED) is 0.521. The minimum Gasteiger partial charge on any atom is -0.303 e. The molecule has 1 heterocycles. The predicted octanol–water partition coefficient (Wildman–Crippen LogP) is 0.714. The Morgan fingerprint density at radius 2 is 1.73 bits per heavy atom. The van der Waals surface area contributed by atoms with Crippen molar-refractivity contribution in [3.63, 3.8) is 0 Å². The third kappa shape index (κ3) is 2.78. The molecule has 1 saturated carbocycles. The second-order valence-corrected chi connectivity index (χ2v) is 4.52. The lowest BCUT2D eigenvalue weighted by Gasteiger charge is -2.19. The number of carbonyl (C=O) groups excluding carboxylic acids is 2. The summed E-state index contributed by atoms with van der Waals surface area (Å²) in [6.07, 6.45) is 7.66. The Balaban J connectivity index is 1.84. The molecule has 0 spiro atoms. The van der Waals surface area contributed by atoms with E-state index in [9.17, 15) is 9.59 Å². The average Bonchev–Trinajstić information content (AvgIpc) is 2.44. The standard InChI is InChI=1S/C11H18N2O2/c14-10-7-9(11(15)13-10)12-8-5-3-1-2-4-6-8/h8-9,12H,1-7H2,(H,13,14,15). The Bertz CT molecular complexity index is 257. The van der Waals surface area contributed by atoms with Gasteiger partial charge in [0.2, 0.25) is 11.8 Å². The fourth-order valence-electron chi connectivity index (χ4n) is 2.42. The van der Waals surface area contributed by atoms with Crippen molar-refractivity contribution in [2.75, 3.05) is 0 Å². The van der Waals surface area contributed by atoms with Crippen molar-refractivity contribution in [3.05, 3.63) is 0 Å². The number of hydrogen-bond acceptors (Lipinski definition) is 3. The molecule has 0 aromatic rings. The van der Waals surface area contributed by atoms with E-state index in [4.69, 9.17) is 0 Å². The summed E-state index contributed by atoms with van der Waals surface area (Å²) in [5.41, 5.74) is 0. The summed E-state index contributed by atoms with van der Waals surface area (Å²) < 4.78 is 0. The van der Waals surface area contributed by atoms with Crippen LogP contribution in [0, 0.1) is 0 Å². The molecule has 1 atom stereocenters. The molecule has 1 aliphatic heterocycles. The summed E-state index contributed by atoms with van der Waals surface area (Å²) in [4.78, 5) is 22.4. The molecule has 1 saturated heterocycles. The Kier molecular flexibility index (Phi) is 3.36. The van der Waals surface area contributed by atoms with E-state index in [1.807, 2.05) is 0 Å². The maximum atomic E-state index is 11.3. The summed E-state index contributed by atoms with van der Waals surface area (Å²) >= 11 is 0. The monoisotopic (exact) mass is 210 g/mol. The normalized spacial score (nSPS) is 28.9. The molecule has 4 nitrogen and oxygen atoms in total. The predicted molar refractivity (Wildman–Crippen MR) is 56.2 cm³/mol. The Morgan fingerprint density at radius 3 is 2.27 bits per heavy atom. The lowest BCUT2D eigenvalue weighted by atomic mass is 10.1. The van der Waals surface area contributed by atoms with E-state index in [1.54, 1.807) is 0 Å². The topological polar surface area (TPSA) is 58.2 Å². The van der Waals surface area contributed by atoms with E-state index in [1.165, 1.54) is 25.7 Å². The maximum Gasteiger partial charge on any atom is 0.244 e. The van der Waals surface area contributed by atoms with Gasteiger partial charge in [-0.05, 0) is 12.8 Å². The van der Waals surface area contributed by atoms with Crippen LogP contribution in [0.4, 0.5) is 0 Å². The van der Waals surface area contributed by atoms with Gasteiger partial charge < -0.3 is 5.32 Å². The van der Waals surface area contributed by atoms with Crippen molar-refractivity contribution in [2.45, 2.75) is 57.0 Å². The molecule has 2 fully saturated rings. The first-order chi connectivity index (χ1) is 7.25. The number of carbonyl (C=O) groups is 2. The van der Waals surface area contributed by atoms with Gasteiger partial charge in [-0.1, -0.05) is 25.7 Å². The van der Waals surface area contributed by atoms with Crippen LogP contribution >= 0.6 is 0 Å². The molecule has 2 aliphatic rings. The smallest absolute Gasteiger partial charge is 0.244 e. The molecule has 2 amide bonds. The SMILES string of the molecule is O=C1CC(NC2CCCCCC2)C(=O)N1. The fourth-order valence-corrected chi connectivity index (χ4v) is 2.42. The minimum atomic E-state index is -0.277. The van der Waals surface area contributed by atoms with E-state index in [0.717, 1.165) is 12.8 Å². The first-order valence-electron chi connectivity index (χ1n) is 5.85. The molecule has 4 heteroatoms. The maximum absolute atomic E-state index is 11.3. The molecule has 1 aliphatic carbocycles. The van der Waals surface area contributed by atoms with Crippen molar-refractivity contribution >= 4 is 11.8 Å². The number of imide groups is 1. The Labute approximate surface area is 89.8 Å². The number of amides is 2. The summed E-state index contributed by atoms with van der Waals surface area (Å²) in [6, 6.07) is 0.148. The van der Waals surface area contributed by atoms with Gasteiger partial charge in [0.15, 0.2) is 0 Å². The number of rotatable bonds is 2. The average molecular weight is 210 g/mol. The third-order valence-electron chi connectivity index (χ3n) is 3.26. The van der Waals surface area contributed by atoms with Crippen molar-refractivity contribution in [1.82, 2.24) is 10.6 Å². The molecule has 0 radical (unpaired) electrons. The van der Waals surface area contributed by atoms with E-state index in [-0.39, 0.29) is 17.9 Å². The van der Waals surface area contributed by atoms with E-state index in [2.05, 4.69) is 10.6 Å². The zero-order valence-corrected chi connectivity index (χ0v) is 8.92. The molecular weight excluding hydrogens is 192 g/mol. The van der Waals surface area contributed by atoms with Crippen LogP contribution in [0.3, 0.4) is 0 Å². The van der Waals surface area contributed by atoms with Gasteiger partial charge in [0, 0.05) is 6.04 Å². The molecule has 0 bridgehead atoms. The Hall–Kier alpha value is -0.900. The first kappa shape index (κ1) is 10.6. The van der Waals surface area contributed by atoms with Gasteiger partial charge in [0.1, 0.15) is 0 Å². The van der Waals surface area contributed by atoms with Crippen LogP contribution in [0.25, 0.3) is 0 Å². The lowest BCUT2D eigenvalue weighted by molar-refractivity contribution is -0.125. The van der Waals surface area contributed by atoms with Crippen LogP contribution in [-0.2, 0) is 9.59 Å². The lowest BCUT2D eigenvalue weighted by Crippen LogP contribution is -2.42. The minimum absolute atomic E-state index is 0.147. The van der Waals surface area contributed by atoms with Crippen LogP contribution < -0.4 is 10.6 Å². The number of nitrogens with one attached hydrogen (secondary N) is 2. The van der Waals surface area contributed by atoms with Gasteiger partial charge >= 0.3 is 0 Å². The summed E-state index contributed by atoms with van der Waals surface area (Å²) in [6.45, 7) is 0. The fraction of sp³-hybridized carbons (Fsp3) is 0.818. The highest BCUT2D eigenvalue weighted by molar-refractivity contribution is 6.05. The summed E-state index contributed by atoms with van der Waals surface area (Å²) in [5, 5.41) is 5.64. The molecule has 2 N–H and O–H groups in total. The molecule has 1 unspecified atom stereocenters. The van der Waals surface area contributed by atoms with Crippen molar-refractivity contribution < 1.29 is 9.59 Å². The first-order valence-corrected chi connectivity index (χ1v) is 5.85. The highest BCUT2D eigenvalue weighted by Gasteiger charge is 2.31. The Morgan fingerprint density at radius 1 is 1.07 bits per heavy atom. The molecule has 0 aromatic carbocycles. The zero-order chi connectivity index (χ0) is 10.7. The molecule has 2 rings (SSSR count).